The summed E-state index contributed by atoms with van der Waals surface area (Å²) < 4.78 is 19.4. The molecule has 0 aliphatic heterocycles. The van der Waals surface area contributed by atoms with Crippen molar-refractivity contribution in [2.45, 2.75) is 0 Å². The van der Waals surface area contributed by atoms with Crippen molar-refractivity contribution in [2.75, 3.05) is 0 Å². The lowest BCUT2D eigenvalue weighted by atomic mass is 12.9. The molecule has 34 valence electrons. The van der Waals surface area contributed by atoms with Crippen molar-refractivity contribution in [3.8, 4) is 0 Å². The van der Waals surface area contributed by atoms with Crippen LogP contribution in [0.25, 0.3) is 0 Å². The number of hydrazine groups is 1. The van der Waals surface area contributed by atoms with Crippen LogP contribution in [0.2, 0.25) is 0 Å². The van der Waals surface area contributed by atoms with Crippen LogP contribution in [0.3, 0.4) is 0 Å². The number of nitrogens with two attached hydrogens (primary N) is 1. The second kappa shape index (κ2) is 3.32. The van der Waals surface area contributed by atoms with Gasteiger partial charge in [-0.25, -0.2) is 5.84 Å². The predicted octanol–water partition coefficient (Wildman–Crippen LogP) is 0.576. The molecule has 0 rings (SSSR count). The van der Waals surface area contributed by atoms with Crippen LogP contribution in [0, 0.1) is 0 Å². The third-order valence-electron chi connectivity index (χ3n) is 0.167. The summed E-state index contributed by atoms with van der Waals surface area (Å²) in [5, 5.41) is 0. The van der Waals surface area contributed by atoms with E-state index in [-0.39, 0.29) is 0 Å². The molecule has 0 spiro atoms. The maximum Gasteiger partial charge on any atom is 0.275 e. The first-order chi connectivity index (χ1) is 2.81. The molecule has 6 heavy (non-hydrogen) atoms. The van der Waals surface area contributed by atoms with Crippen molar-refractivity contribution in [3.05, 3.63) is 0 Å². The fourth-order valence-corrected chi connectivity index (χ4v) is 0.134. The highest BCUT2D eigenvalue weighted by Crippen LogP contribution is 2.06. The van der Waals surface area contributed by atoms with E-state index in [0.717, 1.165) is 0 Å². The molecule has 0 unspecified atom stereocenters. The van der Waals surface area contributed by atoms with Crippen molar-refractivity contribution in [2.24, 2.45) is 5.84 Å². The van der Waals surface area contributed by atoms with Crippen LogP contribution in [0.5, 0.6) is 0 Å². The first-order valence-electron chi connectivity index (χ1n) is 1.02. The highest BCUT2D eigenvalue weighted by Gasteiger charge is 1.87. The van der Waals surface area contributed by atoms with E-state index in [2.05, 4.69) is 5.84 Å². The van der Waals surface area contributed by atoms with Crippen LogP contribution in [-0.2, 0) is 9.13 Å². The van der Waals surface area contributed by atoms with Crippen molar-refractivity contribution in [1.29, 1.82) is 0 Å². The van der Waals surface area contributed by atoms with Gasteiger partial charge in [-0.2, -0.15) is 0 Å². The number of rotatable bonds is 2. The Morgan fingerprint density at radius 1 is 1.33 bits per heavy atom. The second-order valence-electron chi connectivity index (χ2n) is 0.484. The van der Waals surface area contributed by atoms with Crippen LogP contribution in [0.1, 0.15) is 0 Å². The van der Waals surface area contributed by atoms with E-state index in [1.165, 1.54) is 0 Å². The zero-order valence-corrected chi connectivity index (χ0v) is 4.52. The topological polar surface area (TPSA) is 63.4 Å². The summed E-state index contributed by atoms with van der Waals surface area (Å²) in [5.74, 6) is 4.66. The van der Waals surface area contributed by atoms with Crippen molar-refractivity contribution in [1.82, 2.24) is 4.55 Å². The van der Waals surface area contributed by atoms with Gasteiger partial charge in [-0.1, -0.05) is 4.55 Å². The number of hydrogen-bond acceptors (Lipinski definition) is 3. The first kappa shape index (κ1) is 6.12. The molecule has 0 heterocycles. The Morgan fingerprint density at radius 3 is 1.67 bits per heavy atom. The predicted molar refractivity (Wildman–Crippen MR) is 21.2 cm³/mol. The fraction of sp³-hybridized carbons (Fsp3) is 0. The number of nitrogens with zero attached hydrogens (tertiary/aromatic N) is 1. The minimum Gasteiger partial charge on any atom is -0.254 e. The lowest BCUT2D eigenvalue weighted by molar-refractivity contribution is 0.547. The van der Waals surface area contributed by atoms with Crippen LogP contribution >= 0.6 is 17.2 Å². The molecule has 0 bridgehead atoms. The van der Waals surface area contributed by atoms with Gasteiger partial charge in [-0.3, -0.25) is 9.13 Å². The summed E-state index contributed by atoms with van der Waals surface area (Å²) in [5.41, 5.74) is 0. The molecule has 0 aromatic rings. The molecule has 4 nitrogen and oxygen atoms in total. The Kier molecular flexibility index (Phi) is 3.38. The van der Waals surface area contributed by atoms with E-state index in [1.54, 1.807) is 0 Å². The number of hydrogen-bond donors (Lipinski definition) is 1. The molecular weight excluding hydrogens is 122 g/mol. The van der Waals surface area contributed by atoms with Crippen LogP contribution in [0.15, 0.2) is 0 Å². The summed E-state index contributed by atoms with van der Waals surface area (Å²) in [7, 11) is -0.871. The Labute approximate surface area is 37.8 Å². The molecule has 0 aromatic heterocycles. The summed E-state index contributed by atoms with van der Waals surface area (Å²) in [4.78, 5) is 0. The summed E-state index contributed by atoms with van der Waals surface area (Å²) in [6, 6.07) is 0. The molecule has 2 N–H and O–H groups in total. The summed E-state index contributed by atoms with van der Waals surface area (Å²) in [6.45, 7) is 0. The Bertz CT molecular complexity index is 54.6. The van der Waals surface area contributed by atoms with Gasteiger partial charge in [0.25, 0.3) is 17.2 Å². The second-order valence-corrected chi connectivity index (χ2v) is 1.99. The third kappa shape index (κ3) is 2.36. The molecule has 0 fully saturated rings. The minimum absolute atomic E-state index is 0.436. The highest BCUT2D eigenvalue weighted by molar-refractivity contribution is 7.37. The lowest BCUT2D eigenvalue weighted by Crippen LogP contribution is -2.05. The molecule has 0 saturated heterocycles. The van der Waals surface area contributed by atoms with E-state index in [9.17, 15) is 9.13 Å². The van der Waals surface area contributed by atoms with Crippen LogP contribution < -0.4 is 5.84 Å². The Hall–Kier alpha value is 0.120. The maximum absolute atomic E-state index is 9.43. The van der Waals surface area contributed by atoms with Gasteiger partial charge >= 0.3 is 0 Å². The van der Waals surface area contributed by atoms with E-state index in [0.29, 0.717) is 4.55 Å². The molecule has 0 radical (unpaired) electrons. The van der Waals surface area contributed by atoms with Gasteiger partial charge in [-0.15, -0.1) is 0 Å². The van der Waals surface area contributed by atoms with Gasteiger partial charge in [0.05, 0.1) is 0 Å². The Morgan fingerprint density at radius 2 is 1.67 bits per heavy atom. The van der Waals surface area contributed by atoms with Gasteiger partial charge < -0.3 is 0 Å². The Balaban J connectivity index is 3.21. The quantitative estimate of drug-likeness (QED) is 0.332. The van der Waals surface area contributed by atoms with Gasteiger partial charge in [-0.05, 0) is 0 Å². The smallest absolute Gasteiger partial charge is 0.254 e. The molecule has 0 aromatic carbocycles. The van der Waals surface area contributed by atoms with Gasteiger partial charge in [0, 0.05) is 0 Å². The van der Waals surface area contributed by atoms with E-state index in [4.69, 9.17) is 0 Å². The van der Waals surface area contributed by atoms with E-state index >= 15 is 0 Å². The molecule has 6 heteroatoms. The van der Waals surface area contributed by atoms with Crippen LogP contribution in [0.4, 0.5) is 0 Å². The van der Waals surface area contributed by atoms with Crippen molar-refractivity contribution >= 4 is 17.2 Å². The minimum atomic E-state index is -0.436. The molecule has 0 amide bonds. The zero-order valence-electron chi connectivity index (χ0n) is 2.74. The van der Waals surface area contributed by atoms with Gasteiger partial charge in [0.15, 0.2) is 0 Å². The highest BCUT2D eigenvalue weighted by atomic mass is 31.1. The van der Waals surface area contributed by atoms with E-state index in [1.807, 2.05) is 0 Å². The maximum atomic E-state index is 9.43. The van der Waals surface area contributed by atoms with Gasteiger partial charge in [0.2, 0.25) is 0 Å². The molecular formula is H2N2O2P2. The summed E-state index contributed by atoms with van der Waals surface area (Å²) >= 11 is 0. The standard InChI is InChI=1S/H2N2O2P2/c1-2(5-3)6-4/h1H2. The first-order valence-corrected chi connectivity index (χ1v) is 2.55. The average Bonchev–Trinajstić information content (AvgIpc) is 1.65. The van der Waals surface area contributed by atoms with Crippen molar-refractivity contribution in [3.63, 3.8) is 0 Å². The van der Waals surface area contributed by atoms with E-state index < -0.39 is 17.2 Å². The molecule has 0 atom stereocenters. The monoisotopic (exact) mass is 124 g/mol. The summed E-state index contributed by atoms with van der Waals surface area (Å²) in [6.07, 6.45) is 0. The zero-order chi connectivity index (χ0) is 4.99. The lowest BCUT2D eigenvalue weighted by Gasteiger charge is -1.83. The van der Waals surface area contributed by atoms with Gasteiger partial charge in [0.1, 0.15) is 0 Å². The van der Waals surface area contributed by atoms with Crippen LogP contribution in [-0.4, -0.2) is 4.55 Å². The third-order valence-corrected chi connectivity index (χ3v) is 0.940. The normalized spacial score (nSPS) is 11.0. The fourth-order valence-electron chi connectivity index (χ4n) is 0.0149. The average molecular weight is 124 g/mol. The van der Waals surface area contributed by atoms with Crippen molar-refractivity contribution < 1.29 is 9.13 Å². The molecule has 0 aliphatic carbocycles. The largest absolute Gasteiger partial charge is 0.275 e. The molecule has 0 aliphatic rings. The SMILES string of the molecule is NN(P=O)P=O. The molecule has 0 saturated carbocycles.